The first-order valence-electron chi connectivity index (χ1n) is 6.15. The molecule has 16 heavy (non-hydrogen) atoms. The van der Waals surface area contributed by atoms with Gasteiger partial charge in [-0.3, -0.25) is 4.90 Å². The summed E-state index contributed by atoms with van der Waals surface area (Å²) in [5, 5.41) is 10.2. The summed E-state index contributed by atoms with van der Waals surface area (Å²) in [4.78, 5) is 6.47. The number of aryl methyl sites for hydroxylation is 1. The molecule has 0 amide bonds. The molecule has 0 radical (unpaired) electrons. The van der Waals surface area contributed by atoms with E-state index >= 15 is 0 Å². The van der Waals surface area contributed by atoms with Crippen LogP contribution in [-0.4, -0.2) is 38.2 Å². The number of hydrogen-bond donors (Lipinski definition) is 1. The maximum atomic E-state index is 10.2. The lowest BCUT2D eigenvalue weighted by Gasteiger charge is -2.47. The van der Waals surface area contributed by atoms with Crippen molar-refractivity contribution in [3.63, 3.8) is 0 Å². The van der Waals surface area contributed by atoms with Gasteiger partial charge in [-0.05, 0) is 25.7 Å². The van der Waals surface area contributed by atoms with Crippen LogP contribution < -0.4 is 0 Å². The highest BCUT2D eigenvalue weighted by molar-refractivity contribution is 5.08. The minimum atomic E-state index is -0.364. The van der Waals surface area contributed by atoms with Gasteiger partial charge in [0.15, 0.2) is 0 Å². The van der Waals surface area contributed by atoms with E-state index in [9.17, 15) is 5.11 Å². The van der Waals surface area contributed by atoms with Crippen molar-refractivity contribution in [1.29, 1.82) is 0 Å². The Bertz CT molecular complexity index is 377. The summed E-state index contributed by atoms with van der Waals surface area (Å²) < 4.78 is 2.16. The molecule has 0 aromatic carbocycles. The van der Waals surface area contributed by atoms with Crippen LogP contribution in [-0.2, 0) is 13.1 Å². The lowest BCUT2D eigenvalue weighted by molar-refractivity contribution is -0.117. The first-order chi connectivity index (χ1) is 7.71. The third kappa shape index (κ3) is 1.66. The molecule has 4 heteroatoms. The summed E-state index contributed by atoms with van der Waals surface area (Å²) in [5.41, 5.74) is 0.886. The molecule has 2 fully saturated rings. The Hall–Kier alpha value is -0.870. The molecule has 1 aliphatic carbocycles. The van der Waals surface area contributed by atoms with Crippen molar-refractivity contribution in [2.75, 3.05) is 13.1 Å². The molecule has 0 atom stereocenters. The minimum absolute atomic E-state index is 0.364. The molecule has 1 aromatic heterocycles. The van der Waals surface area contributed by atoms with Gasteiger partial charge in [0.05, 0.1) is 17.6 Å². The molecule has 2 heterocycles. The van der Waals surface area contributed by atoms with Gasteiger partial charge in [0.25, 0.3) is 0 Å². The minimum Gasteiger partial charge on any atom is -0.387 e. The van der Waals surface area contributed by atoms with Crippen LogP contribution >= 0.6 is 0 Å². The van der Waals surface area contributed by atoms with Gasteiger partial charge in [0, 0.05) is 32.4 Å². The molecule has 0 spiro atoms. The Labute approximate surface area is 95.9 Å². The fourth-order valence-electron chi connectivity index (χ4n) is 2.71. The van der Waals surface area contributed by atoms with E-state index < -0.39 is 0 Å². The highest BCUT2D eigenvalue weighted by Gasteiger charge is 2.51. The zero-order valence-corrected chi connectivity index (χ0v) is 9.76. The second kappa shape index (κ2) is 3.57. The quantitative estimate of drug-likeness (QED) is 0.820. The SMILES string of the molecule is CCn1cncc1CN1CC(O)(C2CC2)C1. The summed E-state index contributed by atoms with van der Waals surface area (Å²) in [5.74, 6) is 0.583. The number of likely N-dealkylation sites (tertiary alicyclic amines) is 1. The van der Waals surface area contributed by atoms with E-state index in [1.54, 1.807) is 0 Å². The van der Waals surface area contributed by atoms with Crippen LogP contribution in [0.1, 0.15) is 25.5 Å². The van der Waals surface area contributed by atoms with Crippen LogP contribution in [0, 0.1) is 5.92 Å². The van der Waals surface area contributed by atoms with Crippen molar-refractivity contribution in [2.45, 2.75) is 38.5 Å². The summed E-state index contributed by atoms with van der Waals surface area (Å²) in [6, 6.07) is 0. The van der Waals surface area contributed by atoms with Crippen molar-refractivity contribution < 1.29 is 5.11 Å². The van der Waals surface area contributed by atoms with Gasteiger partial charge in [-0.25, -0.2) is 4.98 Å². The summed E-state index contributed by atoms with van der Waals surface area (Å²) in [6.07, 6.45) is 6.24. The van der Waals surface area contributed by atoms with E-state index in [0.717, 1.165) is 26.2 Å². The lowest BCUT2D eigenvalue weighted by atomic mass is 9.89. The van der Waals surface area contributed by atoms with Gasteiger partial charge in [0.2, 0.25) is 0 Å². The average Bonchev–Trinajstić information content (AvgIpc) is 2.98. The van der Waals surface area contributed by atoms with E-state index in [1.807, 2.05) is 12.5 Å². The van der Waals surface area contributed by atoms with Crippen molar-refractivity contribution in [3.8, 4) is 0 Å². The second-order valence-corrected chi connectivity index (χ2v) is 5.19. The Morgan fingerprint density at radius 2 is 2.25 bits per heavy atom. The van der Waals surface area contributed by atoms with Crippen LogP contribution in [0.5, 0.6) is 0 Å². The number of imidazole rings is 1. The number of hydrogen-bond acceptors (Lipinski definition) is 3. The third-order valence-electron chi connectivity index (χ3n) is 3.86. The largest absolute Gasteiger partial charge is 0.387 e. The van der Waals surface area contributed by atoms with E-state index in [1.165, 1.54) is 18.5 Å². The molecule has 1 aliphatic heterocycles. The van der Waals surface area contributed by atoms with Crippen LogP contribution in [0.15, 0.2) is 12.5 Å². The molecular formula is C12H19N3O. The van der Waals surface area contributed by atoms with E-state index in [0.29, 0.717) is 5.92 Å². The van der Waals surface area contributed by atoms with Gasteiger partial charge in [-0.2, -0.15) is 0 Å². The molecule has 1 saturated carbocycles. The predicted octanol–water partition coefficient (Wildman–Crippen LogP) is 0.860. The second-order valence-electron chi connectivity index (χ2n) is 5.19. The first-order valence-corrected chi connectivity index (χ1v) is 6.15. The zero-order valence-electron chi connectivity index (χ0n) is 9.76. The highest BCUT2D eigenvalue weighted by atomic mass is 16.3. The lowest BCUT2D eigenvalue weighted by Crippen LogP contribution is -2.62. The summed E-state index contributed by atoms with van der Waals surface area (Å²) in [6.45, 7) is 5.69. The molecule has 88 valence electrons. The molecule has 0 bridgehead atoms. The van der Waals surface area contributed by atoms with Crippen LogP contribution in [0.3, 0.4) is 0 Å². The van der Waals surface area contributed by atoms with E-state index in [2.05, 4.69) is 21.4 Å². The number of aromatic nitrogens is 2. The Balaban J connectivity index is 1.57. The van der Waals surface area contributed by atoms with Crippen molar-refractivity contribution >= 4 is 0 Å². The Morgan fingerprint density at radius 1 is 1.50 bits per heavy atom. The highest BCUT2D eigenvalue weighted by Crippen LogP contribution is 2.44. The third-order valence-corrected chi connectivity index (χ3v) is 3.86. The number of rotatable bonds is 4. The molecular weight excluding hydrogens is 202 g/mol. The van der Waals surface area contributed by atoms with Gasteiger partial charge in [0.1, 0.15) is 0 Å². The molecule has 1 saturated heterocycles. The molecule has 4 nitrogen and oxygen atoms in total. The molecule has 0 unspecified atom stereocenters. The molecule has 3 rings (SSSR count). The number of β-amino-alcohol motifs (C(OH)–C–C–N with tert-alkyl or cyclic N) is 1. The number of aliphatic hydroxyl groups is 1. The summed E-state index contributed by atoms with van der Waals surface area (Å²) >= 11 is 0. The van der Waals surface area contributed by atoms with Gasteiger partial charge in [-0.1, -0.05) is 0 Å². The van der Waals surface area contributed by atoms with Crippen LogP contribution in [0.4, 0.5) is 0 Å². The fraction of sp³-hybridized carbons (Fsp3) is 0.750. The molecule has 1 aromatic rings. The molecule has 1 N–H and O–H groups in total. The van der Waals surface area contributed by atoms with Crippen molar-refractivity contribution in [2.24, 2.45) is 5.92 Å². The standard InChI is InChI=1S/C12H19N3O/c1-2-15-9-13-5-11(15)6-14-7-12(16,8-14)10-3-4-10/h5,9-10,16H,2-4,6-8H2,1H3. The first kappa shape index (κ1) is 10.3. The predicted molar refractivity (Wildman–Crippen MR) is 60.9 cm³/mol. The van der Waals surface area contributed by atoms with Gasteiger partial charge in [-0.15, -0.1) is 0 Å². The van der Waals surface area contributed by atoms with Crippen molar-refractivity contribution in [1.82, 2.24) is 14.5 Å². The van der Waals surface area contributed by atoms with Gasteiger partial charge < -0.3 is 9.67 Å². The monoisotopic (exact) mass is 221 g/mol. The van der Waals surface area contributed by atoms with E-state index in [-0.39, 0.29) is 5.60 Å². The zero-order chi connectivity index (χ0) is 11.2. The normalized spacial score (nSPS) is 24.4. The Morgan fingerprint density at radius 3 is 2.88 bits per heavy atom. The topological polar surface area (TPSA) is 41.3 Å². The smallest absolute Gasteiger partial charge is 0.0948 e. The fourth-order valence-corrected chi connectivity index (χ4v) is 2.71. The molecule has 2 aliphatic rings. The van der Waals surface area contributed by atoms with Crippen molar-refractivity contribution in [3.05, 3.63) is 18.2 Å². The summed E-state index contributed by atoms with van der Waals surface area (Å²) in [7, 11) is 0. The Kier molecular flexibility index (Phi) is 2.30. The average molecular weight is 221 g/mol. The number of nitrogens with zero attached hydrogens (tertiary/aromatic N) is 3. The van der Waals surface area contributed by atoms with E-state index in [4.69, 9.17) is 0 Å². The van der Waals surface area contributed by atoms with Crippen LogP contribution in [0.2, 0.25) is 0 Å². The van der Waals surface area contributed by atoms with Gasteiger partial charge >= 0.3 is 0 Å². The maximum absolute atomic E-state index is 10.2. The van der Waals surface area contributed by atoms with Crippen LogP contribution in [0.25, 0.3) is 0 Å². The maximum Gasteiger partial charge on any atom is 0.0948 e.